The molecule has 0 atom stereocenters. The van der Waals surface area contributed by atoms with Gasteiger partial charge in [-0.25, -0.2) is 4.79 Å². The molecule has 0 saturated heterocycles. The summed E-state index contributed by atoms with van der Waals surface area (Å²) in [4.78, 5) is 10.2. The molecule has 0 radical (unpaired) electrons. The Balaban J connectivity index is 2.15. The van der Waals surface area contributed by atoms with Crippen molar-refractivity contribution in [3.05, 3.63) is 35.4 Å². The molecule has 1 aromatic carbocycles. The summed E-state index contributed by atoms with van der Waals surface area (Å²) >= 11 is 0. The van der Waals surface area contributed by atoms with Gasteiger partial charge in [0.15, 0.2) is 0 Å². The molecule has 0 bridgehead atoms. The molecule has 0 heterocycles. The third-order valence-electron chi connectivity index (χ3n) is 2.29. The van der Waals surface area contributed by atoms with Gasteiger partial charge in [0.2, 0.25) is 0 Å². The predicted molar refractivity (Wildman–Crippen MR) is 60.1 cm³/mol. The van der Waals surface area contributed by atoms with E-state index in [1.165, 1.54) is 11.1 Å². The summed E-state index contributed by atoms with van der Waals surface area (Å²) in [5.74, 6) is 0. The van der Waals surface area contributed by atoms with Crippen LogP contribution in [0.3, 0.4) is 0 Å². The maximum atomic E-state index is 10.2. The van der Waals surface area contributed by atoms with Crippen molar-refractivity contribution in [2.75, 3.05) is 6.54 Å². The summed E-state index contributed by atoms with van der Waals surface area (Å²) in [6.07, 6.45) is 1.98. The molecule has 1 aromatic rings. The Morgan fingerprint density at radius 1 is 1.27 bits per heavy atom. The van der Waals surface area contributed by atoms with Crippen molar-refractivity contribution < 1.29 is 9.90 Å². The number of benzene rings is 1. The van der Waals surface area contributed by atoms with Crippen molar-refractivity contribution in [3.63, 3.8) is 0 Å². The second-order valence-corrected chi connectivity index (χ2v) is 3.67. The second kappa shape index (κ2) is 6.06. The molecular weight excluding hydrogens is 190 g/mol. The standard InChI is InChI=1S/C12H17NO2/c1-10-5-7-11(8-6-10)4-2-3-9-13-12(14)15/h5-8,13H,2-4,9H2,1H3,(H,14,15). The van der Waals surface area contributed by atoms with Gasteiger partial charge in [0.05, 0.1) is 0 Å². The maximum absolute atomic E-state index is 10.2. The monoisotopic (exact) mass is 207 g/mol. The topological polar surface area (TPSA) is 49.3 Å². The van der Waals surface area contributed by atoms with Gasteiger partial charge in [0.25, 0.3) is 0 Å². The lowest BCUT2D eigenvalue weighted by molar-refractivity contribution is 0.194. The number of unbranched alkanes of at least 4 members (excludes halogenated alkanes) is 1. The van der Waals surface area contributed by atoms with Crippen molar-refractivity contribution >= 4 is 6.09 Å². The quantitative estimate of drug-likeness (QED) is 0.729. The average Bonchev–Trinajstić information content (AvgIpc) is 2.20. The van der Waals surface area contributed by atoms with Gasteiger partial charge in [0.1, 0.15) is 0 Å². The highest BCUT2D eigenvalue weighted by molar-refractivity contribution is 5.64. The van der Waals surface area contributed by atoms with Gasteiger partial charge in [0, 0.05) is 6.54 Å². The molecule has 0 unspecified atom stereocenters. The summed E-state index contributed by atoms with van der Waals surface area (Å²) in [5.41, 5.74) is 2.59. The summed E-state index contributed by atoms with van der Waals surface area (Å²) in [6.45, 7) is 2.61. The lowest BCUT2D eigenvalue weighted by Gasteiger charge is -2.02. The van der Waals surface area contributed by atoms with E-state index in [0.717, 1.165) is 19.3 Å². The van der Waals surface area contributed by atoms with Crippen LogP contribution in [0.4, 0.5) is 4.79 Å². The Morgan fingerprint density at radius 2 is 1.93 bits per heavy atom. The van der Waals surface area contributed by atoms with Crippen LogP contribution < -0.4 is 5.32 Å². The fraction of sp³-hybridized carbons (Fsp3) is 0.417. The lowest BCUT2D eigenvalue weighted by atomic mass is 10.1. The third-order valence-corrected chi connectivity index (χ3v) is 2.29. The van der Waals surface area contributed by atoms with Crippen LogP contribution >= 0.6 is 0 Å². The van der Waals surface area contributed by atoms with Crippen molar-refractivity contribution in [2.24, 2.45) is 0 Å². The number of carbonyl (C=O) groups is 1. The Bertz CT molecular complexity index is 306. The first-order chi connectivity index (χ1) is 7.18. The van der Waals surface area contributed by atoms with Crippen molar-refractivity contribution in [1.29, 1.82) is 0 Å². The van der Waals surface area contributed by atoms with E-state index in [2.05, 4.69) is 36.5 Å². The fourth-order valence-corrected chi connectivity index (χ4v) is 1.40. The van der Waals surface area contributed by atoms with Gasteiger partial charge in [-0.05, 0) is 31.7 Å². The summed E-state index contributed by atoms with van der Waals surface area (Å²) in [7, 11) is 0. The van der Waals surface area contributed by atoms with E-state index in [1.54, 1.807) is 0 Å². The molecule has 0 aromatic heterocycles. The molecule has 1 amide bonds. The minimum absolute atomic E-state index is 0.543. The number of aryl methyl sites for hydroxylation is 2. The second-order valence-electron chi connectivity index (χ2n) is 3.67. The molecule has 3 nitrogen and oxygen atoms in total. The van der Waals surface area contributed by atoms with E-state index in [-0.39, 0.29) is 0 Å². The van der Waals surface area contributed by atoms with Crippen LogP contribution in [-0.4, -0.2) is 17.7 Å². The molecule has 82 valence electrons. The Morgan fingerprint density at radius 3 is 2.53 bits per heavy atom. The maximum Gasteiger partial charge on any atom is 0.404 e. The fourth-order valence-electron chi connectivity index (χ4n) is 1.40. The largest absolute Gasteiger partial charge is 0.465 e. The van der Waals surface area contributed by atoms with Crippen LogP contribution in [0.2, 0.25) is 0 Å². The van der Waals surface area contributed by atoms with E-state index in [9.17, 15) is 4.79 Å². The molecule has 2 N–H and O–H groups in total. The van der Waals surface area contributed by atoms with E-state index >= 15 is 0 Å². The molecule has 0 fully saturated rings. The van der Waals surface area contributed by atoms with Crippen molar-refractivity contribution in [1.82, 2.24) is 5.32 Å². The number of amides is 1. The van der Waals surface area contributed by atoms with Crippen LogP contribution in [0.1, 0.15) is 24.0 Å². The highest BCUT2D eigenvalue weighted by Crippen LogP contribution is 2.06. The zero-order valence-electron chi connectivity index (χ0n) is 8.99. The van der Waals surface area contributed by atoms with E-state index in [1.807, 2.05) is 0 Å². The molecule has 0 aliphatic carbocycles. The predicted octanol–water partition coefficient (Wildman–Crippen LogP) is 2.59. The zero-order chi connectivity index (χ0) is 11.1. The number of nitrogens with one attached hydrogen (secondary N) is 1. The smallest absolute Gasteiger partial charge is 0.404 e. The van der Waals surface area contributed by atoms with E-state index < -0.39 is 6.09 Å². The van der Waals surface area contributed by atoms with Gasteiger partial charge in [-0.15, -0.1) is 0 Å². The van der Waals surface area contributed by atoms with Crippen LogP contribution in [-0.2, 0) is 6.42 Å². The third kappa shape index (κ3) is 5.05. The minimum Gasteiger partial charge on any atom is -0.465 e. The van der Waals surface area contributed by atoms with Crippen LogP contribution in [0.25, 0.3) is 0 Å². The molecule has 1 rings (SSSR count). The average molecular weight is 207 g/mol. The molecule has 0 aliphatic rings. The van der Waals surface area contributed by atoms with E-state index in [0.29, 0.717) is 6.54 Å². The number of hydrogen-bond acceptors (Lipinski definition) is 1. The first-order valence-corrected chi connectivity index (χ1v) is 5.21. The van der Waals surface area contributed by atoms with Gasteiger partial charge >= 0.3 is 6.09 Å². The summed E-state index contributed by atoms with van der Waals surface area (Å²) < 4.78 is 0. The summed E-state index contributed by atoms with van der Waals surface area (Å²) in [5, 5.41) is 10.7. The number of carboxylic acid groups (broad SMARTS) is 1. The van der Waals surface area contributed by atoms with E-state index in [4.69, 9.17) is 5.11 Å². The lowest BCUT2D eigenvalue weighted by Crippen LogP contribution is -2.21. The zero-order valence-corrected chi connectivity index (χ0v) is 8.99. The number of rotatable bonds is 5. The SMILES string of the molecule is Cc1ccc(CCCCNC(=O)O)cc1. The Labute approximate surface area is 90.1 Å². The molecule has 0 saturated carbocycles. The van der Waals surface area contributed by atoms with Crippen molar-refractivity contribution in [3.8, 4) is 0 Å². The molecule has 3 heteroatoms. The van der Waals surface area contributed by atoms with Crippen LogP contribution in [0.5, 0.6) is 0 Å². The number of hydrogen-bond donors (Lipinski definition) is 2. The van der Waals surface area contributed by atoms with Gasteiger partial charge in [-0.3, -0.25) is 0 Å². The first kappa shape index (κ1) is 11.6. The molecular formula is C12H17NO2. The van der Waals surface area contributed by atoms with Gasteiger partial charge in [-0.1, -0.05) is 29.8 Å². The van der Waals surface area contributed by atoms with Crippen LogP contribution in [0.15, 0.2) is 24.3 Å². The summed E-state index contributed by atoms with van der Waals surface area (Å²) in [6, 6.07) is 8.45. The first-order valence-electron chi connectivity index (χ1n) is 5.21. The van der Waals surface area contributed by atoms with Gasteiger partial charge in [-0.2, -0.15) is 0 Å². The van der Waals surface area contributed by atoms with Crippen LogP contribution in [0, 0.1) is 6.92 Å². The van der Waals surface area contributed by atoms with Gasteiger partial charge < -0.3 is 10.4 Å². The molecule has 0 spiro atoms. The normalized spacial score (nSPS) is 9.93. The Kier molecular flexibility index (Phi) is 4.68. The Hall–Kier alpha value is -1.51. The molecule has 0 aliphatic heterocycles. The minimum atomic E-state index is -0.940. The van der Waals surface area contributed by atoms with Crippen molar-refractivity contribution in [2.45, 2.75) is 26.2 Å². The highest BCUT2D eigenvalue weighted by Gasteiger charge is 1.95. The highest BCUT2D eigenvalue weighted by atomic mass is 16.4. The molecule has 15 heavy (non-hydrogen) atoms.